The quantitative estimate of drug-likeness (QED) is 0.452. The first-order valence-corrected chi connectivity index (χ1v) is 4.86. The Kier molecular flexibility index (Phi) is 6.21. The normalized spacial score (nSPS) is 15.4. The first-order chi connectivity index (χ1) is 6.66. The van der Waals surface area contributed by atoms with E-state index in [4.69, 9.17) is 5.11 Å². The van der Waals surface area contributed by atoms with Crippen molar-refractivity contribution in [2.75, 3.05) is 19.8 Å². The number of rotatable bonds is 6. The number of alkyl halides is 6. The molecule has 0 radical (unpaired) electrons. The summed E-state index contributed by atoms with van der Waals surface area (Å²) in [6.45, 7) is -3.90. The zero-order valence-electron chi connectivity index (χ0n) is 7.23. The van der Waals surface area contributed by atoms with Crippen LogP contribution in [0.5, 0.6) is 0 Å². The average Bonchev–Trinajstić information content (AvgIpc) is 2.10. The third-order valence-corrected chi connectivity index (χ3v) is 1.78. The summed E-state index contributed by atoms with van der Waals surface area (Å²) in [5.74, 6) is 0. The zero-order valence-corrected chi connectivity index (χ0v) is 9.39. The van der Waals surface area contributed by atoms with Gasteiger partial charge in [-0.1, -0.05) is 0 Å². The maximum Gasteiger partial charge on any atom is 0.412 e. The van der Waals surface area contributed by atoms with Gasteiger partial charge in [-0.25, -0.2) is 0 Å². The van der Waals surface area contributed by atoms with Crippen molar-refractivity contribution < 1.29 is 36.5 Å². The highest BCUT2D eigenvalue weighted by atomic mass is 127. The minimum Gasteiger partial charge on any atom is -0.393 e. The lowest BCUT2D eigenvalue weighted by atomic mass is 10.6. The predicted octanol–water partition coefficient (Wildman–Crippen LogP) is 1.93. The van der Waals surface area contributed by atoms with E-state index < -0.39 is 36.2 Å². The van der Waals surface area contributed by atoms with E-state index in [0.29, 0.717) is 0 Å². The Morgan fingerprint density at radius 1 is 1.13 bits per heavy atom. The van der Waals surface area contributed by atoms with Crippen LogP contribution in [0.2, 0.25) is 0 Å². The molecule has 3 nitrogen and oxygen atoms in total. The number of ether oxygens (including phenoxy) is 2. The topological polar surface area (TPSA) is 38.7 Å². The molecule has 0 saturated heterocycles. The van der Waals surface area contributed by atoms with Crippen LogP contribution in [0.1, 0.15) is 0 Å². The molecule has 15 heavy (non-hydrogen) atoms. The third kappa shape index (κ3) is 9.20. The van der Waals surface area contributed by atoms with Crippen LogP contribution in [0, 0.1) is 0 Å². The van der Waals surface area contributed by atoms with Gasteiger partial charge in [-0.2, -0.15) is 22.0 Å². The minimum absolute atomic E-state index is 0.518. The summed E-state index contributed by atoms with van der Waals surface area (Å²) in [6, 6.07) is 0. The van der Waals surface area contributed by atoms with Crippen molar-refractivity contribution in [1.82, 2.24) is 0 Å². The highest BCUT2D eigenvalue weighted by molar-refractivity contribution is 14.1. The number of aliphatic hydroxyl groups is 1. The molecule has 1 N–H and O–H groups in total. The lowest BCUT2D eigenvalue weighted by molar-refractivity contribution is -0.305. The Hall–Kier alpha value is 0.260. The van der Waals surface area contributed by atoms with Crippen molar-refractivity contribution in [2.45, 2.75) is 16.4 Å². The lowest BCUT2D eigenvalue weighted by Gasteiger charge is -2.19. The average molecular weight is 350 g/mol. The van der Waals surface area contributed by atoms with Crippen molar-refractivity contribution in [3.8, 4) is 0 Å². The Bertz CT molecular complexity index is 186. The Balaban J connectivity index is 3.86. The standard InChI is InChI=1S/C6H8F5IO3/c7-5(8,9)2-15-6(10,11)3-14-4(12)1-13/h4,13H,1-3H2. The van der Waals surface area contributed by atoms with Crippen LogP contribution in [0.25, 0.3) is 0 Å². The van der Waals surface area contributed by atoms with Crippen molar-refractivity contribution >= 4 is 22.6 Å². The van der Waals surface area contributed by atoms with E-state index in [9.17, 15) is 22.0 Å². The molecule has 0 saturated carbocycles. The Morgan fingerprint density at radius 3 is 2.07 bits per heavy atom. The molecule has 0 aliphatic carbocycles. The molecule has 0 fully saturated rings. The fraction of sp³-hybridized carbons (Fsp3) is 1.00. The molecular weight excluding hydrogens is 342 g/mol. The molecule has 0 aromatic heterocycles. The lowest BCUT2D eigenvalue weighted by Crippen LogP contribution is -2.33. The maximum atomic E-state index is 12.5. The fourth-order valence-electron chi connectivity index (χ4n) is 0.469. The van der Waals surface area contributed by atoms with Crippen LogP contribution in [0.3, 0.4) is 0 Å². The number of hydrogen-bond donors (Lipinski definition) is 1. The molecule has 0 aromatic carbocycles. The monoisotopic (exact) mass is 350 g/mol. The van der Waals surface area contributed by atoms with E-state index >= 15 is 0 Å². The molecule has 0 aliphatic heterocycles. The van der Waals surface area contributed by atoms with Crippen molar-refractivity contribution in [2.24, 2.45) is 0 Å². The summed E-state index contributed by atoms with van der Waals surface area (Å²) in [4.78, 5) is 0. The molecule has 0 amide bonds. The van der Waals surface area contributed by atoms with E-state index in [0.717, 1.165) is 0 Å². The van der Waals surface area contributed by atoms with Crippen molar-refractivity contribution in [3.63, 3.8) is 0 Å². The fourth-order valence-corrected chi connectivity index (χ4v) is 0.649. The summed E-state index contributed by atoms with van der Waals surface area (Å²) in [7, 11) is 0. The van der Waals surface area contributed by atoms with Gasteiger partial charge in [0.2, 0.25) is 0 Å². The van der Waals surface area contributed by atoms with Gasteiger partial charge in [-0.15, -0.1) is 0 Å². The van der Waals surface area contributed by atoms with Gasteiger partial charge in [-0.3, -0.25) is 0 Å². The van der Waals surface area contributed by atoms with E-state index in [1.54, 1.807) is 0 Å². The van der Waals surface area contributed by atoms with Crippen LogP contribution >= 0.6 is 22.6 Å². The molecular formula is C6H8F5IO3. The number of aliphatic hydroxyl groups excluding tert-OH is 1. The van der Waals surface area contributed by atoms with Gasteiger partial charge in [0.05, 0.1) is 6.61 Å². The zero-order chi connectivity index (χ0) is 12.1. The highest BCUT2D eigenvalue weighted by Crippen LogP contribution is 2.23. The van der Waals surface area contributed by atoms with E-state index in [-0.39, 0.29) is 0 Å². The summed E-state index contributed by atoms with van der Waals surface area (Å²) in [5, 5.41) is 8.39. The SMILES string of the molecule is OCC(I)OCC(F)(F)OCC(F)(F)F. The first-order valence-electron chi connectivity index (χ1n) is 3.61. The van der Waals surface area contributed by atoms with Gasteiger partial charge >= 0.3 is 12.3 Å². The van der Waals surface area contributed by atoms with Gasteiger partial charge in [0.15, 0.2) is 0 Å². The highest BCUT2D eigenvalue weighted by Gasteiger charge is 2.38. The number of hydrogen-bond acceptors (Lipinski definition) is 3. The molecule has 9 heteroatoms. The van der Waals surface area contributed by atoms with Gasteiger partial charge in [0, 0.05) is 0 Å². The molecule has 0 rings (SSSR count). The van der Waals surface area contributed by atoms with Crippen LogP contribution in [-0.4, -0.2) is 41.3 Å². The van der Waals surface area contributed by atoms with E-state index in [2.05, 4.69) is 9.47 Å². The van der Waals surface area contributed by atoms with Gasteiger partial charge in [0.1, 0.15) is 17.3 Å². The summed E-state index contributed by atoms with van der Waals surface area (Å²) in [5.41, 5.74) is 0. The molecule has 0 aromatic rings. The molecule has 1 atom stereocenters. The van der Waals surface area contributed by atoms with Crippen LogP contribution in [0.4, 0.5) is 22.0 Å². The maximum absolute atomic E-state index is 12.5. The summed E-state index contributed by atoms with van der Waals surface area (Å²) in [6.07, 6.45) is -8.84. The molecule has 0 bridgehead atoms. The summed E-state index contributed by atoms with van der Waals surface area (Å²) >= 11 is 1.51. The first kappa shape index (κ1) is 15.3. The predicted molar refractivity (Wildman–Crippen MR) is 47.8 cm³/mol. The third-order valence-electron chi connectivity index (χ3n) is 1.02. The molecule has 92 valence electrons. The minimum atomic E-state index is -4.82. The molecule has 0 heterocycles. The van der Waals surface area contributed by atoms with Crippen molar-refractivity contribution in [1.29, 1.82) is 0 Å². The van der Waals surface area contributed by atoms with Crippen molar-refractivity contribution in [3.05, 3.63) is 0 Å². The van der Waals surface area contributed by atoms with E-state index in [1.165, 1.54) is 22.6 Å². The van der Waals surface area contributed by atoms with Gasteiger partial charge in [-0.05, 0) is 22.6 Å². The van der Waals surface area contributed by atoms with Crippen LogP contribution in [-0.2, 0) is 9.47 Å². The number of halogens is 6. The van der Waals surface area contributed by atoms with Gasteiger partial charge in [0.25, 0.3) is 0 Å². The smallest absolute Gasteiger partial charge is 0.393 e. The van der Waals surface area contributed by atoms with Crippen LogP contribution < -0.4 is 0 Å². The molecule has 0 spiro atoms. The second-order valence-corrected chi connectivity index (χ2v) is 3.83. The molecule has 1 unspecified atom stereocenters. The summed E-state index contributed by atoms with van der Waals surface area (Å²) < 4.78 is 66.3. The molecule has 0 aliphatic rings. The second-order valence-electron chi connectivity index (χ2n) is 2.44. The Labute approximate surface area is 95.7 Å². The van der Waals surface area contributed by atoms with Crippen LogP contribution in [0.15, 0.2) is 0 Å². The van der Waals surface area contributed by atoms with Gasteiger partial charge < -0.3 is 14.6 Å². The largest absolute Gasteiger partial charge is 0.412 e. The Morgan fingerprint density at radius 2 is 1.67 bits per heavy atom. The van der Waals surface area contributed by atoms with E-state index in [1.807, 2.05) is 0 Å². The second kappa shape index (κ2) is 6.11.